The molecule has 0 aliphatic carbocycles. The second-order valence-electron chi connectivity index (χ2n) is 3.94. The highest BCUT2D eigenvalue weighted by atomic mass is 35.5. The second-order valence-corrected chi connectivity index (χ2v) is 8.25. The molecule has 1 radical (unpaired) electrons. The van der Waals surface area contributed by atoms with E-state index in [2.05, 4.69) is 4.13 Å². The summed E-state index contributed by atoms with van der Waals surface area (Å²) in [6.45, 7) is 0. The third kappa shape index (κ3) is 3.96. The second kappa shape index (κ2) is 5.94. The summed E-state index contributed by atoms with van der Waals surface area (Å²) >= 11 is 11.4. The number of hydrogen-bond donors (Lipinski definition) is 0. The summed E-state index contributed by atoms with van der Waals surface area (Å²) in [7, 11) is -8.78. The lowest BCUT2D eigenvalue weighted by Gasteiger charge is -2.06. The molecule has 111 valence electrons. The fourth-order valence-electron chi connectivity index (χ4n) is 1.47. The zero-order chi connectivity index (χ0) is 15.7. The Morgan fingerprint density at radius 1 is 0.714 bits per heavy atom. The largest absolute Gasteiger partial charge is 0.271 e. The third-order valence-corrected chi connectivity index (χ3v) is 6.12. The fraction of sp³-hybridized carbons (Fsp3) is 0. The van der Waals surface area contributed by atoms with Gasteiger partial charge in [-0.3, -0.25) is 0 Å². The van der Waals surface area contributed by atoms with E-state index in [0.29, 0.717) is 0 Å². The van der Waals surface area contributed by atoms with Crippen LogP contribution in [-0.2, 0) is 20.0 Å². The molecule has 9 heteroatoms. The summed E-state index contributed by atoms with van der Waals surface area (Å²) in [5.41, 5.74) is 0. The summed E-state index contributed by atoms with van der Waals surface area (Å²) in [6, 6.07) is 10.4. The molecule has 2 aromatic carbocycles. The molecule has 0 aliphatic rings. The van der Waals surface area contributed by atoms with Crippen molar-refractivity contribution in [3.63, 3.8) is 0 Å². The Hall–Kier alpha value is -1.12. The van der Waals surface area contributed by atoms with Crippen molar-refractivity contribution >= 4 is 43.2 Å². The zero-order valence-corrected chi connectivity index (χ0v) is 13.4. The minimum absolute atomic E-state index is 0.159. The Labute approximate surface area is 132 Å². The molecule has 2 rings (SSSR count). The van der Waals surface area contributed by atoms with Crippen LogP contribution in [0, 0.1) is 0 Å². The maximum absolute atomic E-state index is 12.0. The van der Waals surface area contributed by atoms with E-state index in [1.165, 1.54) is 36.4 Å². The Balaban J connectivity index is 2.40. The lowest BCUT2D eigenvalue weighted by molar-refractivity contribution is 0.575. The average molecular weight is 365 g/mol. The number of benzene rings is 2. The smallest absolute Gasteiger partial charge is 0.205 e. The quantitative estimate of drug-likeness (QED) is 0.834. The van der Waals surface area contributed by atoms with Crippen LogP contribution in [0.4, 0.5) is 0 Å². The van der Waals surface area contributed by atoms with Gasteiger partial charge in [-0.1, -0.05) is 35.3 Å². The van der Waals surface area contributed by atoms with Gasteiger partial charge in [-0.2, -0.15) is 0 Å². The van der Waals surface area contributed by atoms with Crippen LogP contribution in [0.2, 0.25) is 10.0 Å². The maximum Gasteiger partial charge on any atom is 0.271 e. The Kier molecular flexibility index (Phi) is 4.60. The van der Waals surface area contributed by atoms with Crippen LogP contribution in [-0.4, -0.2) is 16.8 Å². The van der Waals surface area contributed by atoms with Crippen molar-refractivity contribution in [2.24, 2.45) is 0 Å². The summed E-state index contributed by atoms with van der Waals surface area (Å²) in [6.07, 6.45) is 0. The number of rotatable bonds is 4. The normalized spacial score (nSPS) is 12.3. The monoisotopic (exact) mass is 364 g/mol. The highest BCUT2D eigenvalue weighted by molar-refractivity contribution is 8.04. The maximum atomic E-state index is 12.0. The molecule has 0 saturated heterocycles. The molecular weight excluding hydrogens is 357 g/mol. The third-order valence-electron chi connectivity index (χ3n) is 2.38. The van der Waals surface area contributed by atoms with Crippen molar-refractivity contribution in [2.45, 2.75) is 9.79 Å². The van der Waals surface area contributed by atoms with Gasteiger partial charge in [0.2, 0.25) is 0 Å². The summed E-state index contributed by atoms with van der Waals surface area (Å²) in [5, 5.41) is 0.317. The average Bonchev–Trinajstić information content (AvgIpc) is 2.37. The first-order valence-electron chi connectivity index (χ1n) is 5.46. The van der Waals surface area contributed by atoms with Gasteiger partial charge in [-0.05, 0) is 36.4 Å². The lowest BCUT2D eigenvalue weighted by Crippen LogP contribution is -2.23. The number of nitrogens with zero attached hydrogens (tertiary/aromatic N) is 1. The van der Waals surface area contributed by atoms with Crippen molar-refractivity contribution < 1.29 is 16.8 Å². The van der Waals surface area contributed by atoms with Crippen molar-refractivity contribution in [3.05, 3.63) is 58.6 Å². The van der Waals surface area contributed by atoms with Gasteiger partial charge >= 0.3 is 0 Å². The molecule has 5 nitrogen and oxygen atoms in total. The van der Waals surface area contributed by atoms with E-state index in [4.69, 9.17) is 23.2 Å². The minimum Gasteiger partial charge on any atom is -0.205 e. The molecule has 0 aliphatic heterocycles. The predicted molar refractivity (Wildman–Crippen MR) is 79.4 cm³/mol. The van der Waals surface area contributed by atoms with Gasteiger partial charge in [0.05, 0.1) is 9.79 Å². The van der Waals surface area contributed by atoms with E-state index < -0.39 is 20.0 Å². The first-order chi connectivity index (χ1) is 9.71. The molecule has 2 aromatic rings. The van der Waals surface area contributed by atoms with Crippen LogP contribution >= 0.6 is 23.2 Å². The molecule has 0 unspecified atom stereocenters. The topological polar surface area (TPSA) is 82.4 Å². The molecule has 0 aromatic heterocycles. The summed E-state index contributed by atoms with van der Waals surface area (Å²) in [5.74, 6) is 0. The lowest BCUT2D eigenvalue weighted by atomic mass is 10.4. The van der Waals surface area contributed by atoms with E-state index >= 15 is 0 Å². The van der Waals surface area contributed by atoms with Crippen LogP contribution in [0.5, 0.6) is 0 Å². The standard InChI is InChI=1S/C12H8Cl2NO4S2/c13-9-3-1-5-11(7-9)20(16,17)15-21(18,19)12-6-2-4-10(14)8-12/h1-8H. The van der Waals surface area contributed by atoms with Crippen molar-refractivity contribution in [1.29, 1.82) is 0 Å². The van der Waals surface area contributed by atoms with Gasteiger partial charge in [0.25, 0.3) is 20.0 Å². The predicted octanol–water partition coefficient (Wildman–Crippen LogP) is 2.68. The SMILES string of the molecule is O=S(=O)([N]S(=O)(=O)c1cccc(Cl)c1)c1cccc(Cl)c1. The van der Waals surface area contributed by atoms with Crippen LogP contribution in [0.25, 0.3) is 0 Å². The van der Waals surface area contributed by atoms with Gasteiger partial charge < -0.3 is 0 Å². The molecule has 0 spiro atoms. The van der Waals surface area contributed by atoms with Crippen LogP contribution in [0.15, 0.2) is 58.3 Å². The van der Waals surface area contributed by atoms with Crippen molar-refractivity contribution in [1.82, 2.24) is 4.13 Å². The van der Waals surface area contributed by atoms with Crippen molar-refractivity contribution in [2.75, 3.05) is 0 Å². The van der Waals surface area contributed by atoms with E-state index in [0.717, 1.165) is 12.1 Å². The molecule has 0 saturated carbocycles. The van der Waals surface area contributed by atoms with Gasteiger partial charge in [0.15, 0.2) is 0 Å². The van der Waals surface area contributed by atoms with Gasteiger partial charge in [0, 0.05) is 14.2 Å². The van der Waals surface area contributed by atoms with E-state index in [-0.39, 0.29) is 19.8 Å². The Morgan fingerprint density at radius 2 is 1.10 bits per heavy atom. The molecule has 0 heterocycles. The van der Waals surface area contributed by atoms with Gasteiger partial charge in [-0.25, -0.2) is 16.8 Å². The fourth-order valence-corrected chi connectivity index (χ4v) is 4.75. The molecular formula is C12H8Cl2NO4S2. The Bertz CT molecular complexity index is 806. The van der Waals surface area contributed by atoms with E-state index in [9.17, 15) is 16.8 Å². The van der Waals surface area contributed by atoms with Gasteiger partial charge in [-0.15, -0.1) is 0 Å². The summed E-state index contributed by atoms with van der Waals surface area (Å²) in [4.78, 5) is -0.610. The zero-order valence-electron chi connectivity index (χ0n) is 10.3. The van der Waals surface area contributed by atoms with Crippen LogP contribution < -0.4 is 4.13 Å². The molecule has 0 amide bonds. The molecule has 0 fully saturated rings. The highest BCUT2D eigenvalue weighted by Gasteiger charge is 2.27. The first-order valence-corrected chi connectivity index (χ1v) is 9.10. The van der Waals surface area contributed by atoms with E-state index in [1.807, 2.05) is 0 Å². The van der Waals surface area contributed by atoms with Crippen LogP contribution in [0.1, 0.15) is 0 Å². The number of halogens is 2. The van der Waals surface area contributed by atoms with Crippen molar-refractivity contribution in [3.8, 4) is 0 Å². The molecule has 0 bridgehead atoms. The molecule has 0 N–H and O–H groups in total. The van der Waals surface area contributed by atoms with Crippen LogP contribution in [0.3, 0.4) is 0 Å². The van der Waals surface area contributed by atoms with Gasteiger partial charge in [0.1, 0.15) is 0 Å². The molecule has 0 atom stereocenters. The summed E-state index contributed by atoms with van der Waals surface area (Å²) < 4.78 is 51.1. The number of sulfonamides is 2. The molecule has 21 heavy (non-hydrogen) atoms. The number of hydrogen-bond acceptors (Lipinski definition) is 4. The Morgan fingerprint density at radius 3 is 1.43 bits per heavy atom. The minimum atomic E-state index is -4.39. The first kappa shape index (κ1) is 16.3. The van der Waals surface area contributed by atoms with E-state index in [1.54, 1.807) is 0 Å². The highest BCUT2D eigenvalue weighted by Crippen LogP contribution is 2.20.